The van der Waals surface area contributed by atoms with Gasteiger partial charge < -0.3 is 34.9 Å². The van der Waals surface area contributed by atoms with Gasteiger partial charge in [-0.05, 0) is 66.2 Å². The molecule has 1 unspecified atom stereocenters. The van der Waals surface area contributed by atoms with Crippen LogP contribution in [0.15, 0.2) is 77.9 Å². The summed E-state index contributed by atoms with van der Waals surface area (Å²) in [6.07, 6.45) is -4.07. The number of carboxylic acid groups (broad SMARTS) is 2. The number of hydrogen-bond donors (Lipinski definition) is 4. The summed E-state index contributed by atoms with van der Waals surface area (Å²) in [7, 11) is 2.84. The number of esters is 2. The largest absolute Gasteiger partial charge is 0.497 e. The van der Waals surface area contributed by atoms with Gasteiger partial charge in [0, 0.05) is 18.0 Å². The minimum atomic E-state index is -2.28. The molecule has 0 bridgehead atoms. The van der Waals surface area contributed by atoms with E-state index in [0.29, 0.717) is 17.9 Å². The van der Waals surface area contributed by atoms with E-state index in [1.807, 2.05) is 31.2 Å². The number of methoxy groups -OCH3 is 2. The summed E-state index contributed by atoms with van der Waals surface area (Å²) in [4.78, 5) is 58.6. The highest BCUT2D eigenvalue weighted by atomic mass is 16.6. The molecule has 3 aromatic carbocycles. The van der Waals surface area contributed by atoms with Crippen molar-refractivity contribution in [3.05, 3.63) is 89.5 Å². The van der Waals surface area contributed by atoms with Crippen molar-refractivity contribution in [1.29, 1.82) is 0 Å². The number of aliphatic carboxylic acids is 2. The van der Waals surface area contributed by atoms with Crippen molar-refractivity contribution in [1.82, 2.24) is 5.43 Å². The number of hydrazone groups is 1. The number of nitrogen functional groups attached to an aromatic ring is 1. The number of nitrogens with two attached hydrogens (primary N) is 1. The van der Waals surface area contributed by atoms with E-state index in [0.717, 1.165) is 17.0 Å². The molecule has 1 heterocycles. The highest BCUT2D eigenvalue weighted by Crippen LogP contribution is 2.19. The Kier molecular flexibility index (Phi) is 11.6. The van der Waals surface area contributed by atoms with Crippen LogP contribution < -0.4 is 20.6 Å². The van der Waals surface area contributed by atoms with Crippen LogP contribution in [-0.2, 0) is 23.9 Å². The van der Waals surface area contributed by atoms with Crippen molar-refractivity contribution in [3.8, 4) is 11.5 Å². The van der Waals surface area contributed by atoms with Gasteiger partial charge in [-0.15, -0.1) is 0 Å². The van der Waals surface area contributed by atoms with E-state index < -0.39 is 36.1 Å². The SMILES string of the molecule is CC1CC(=O)NN=C1c1ccc(N)cc1.COc1ccc(C(=O)O[C@@H](C(=O)O)[C@@H](OC(=O)c2ccc(OC)cc2)C(=O)O)cc1. The van der Waals surface area contributed by atoms with Gasteiger partial charge in [-0.25, -0.2) is 24.6 Å². The molecule has 0 fully saturated rings. The summed E-state index contributed by atoms with van der Waals surface area (Å²) in [5.74, 6) is -4.81. The van der Waals surface area contributed by atoms with E-state index in [1.54, 1.807) is 0 Å². The number of carbonyl (C=O) groups is 5. The number of rotatable bonds is 10. The highest BCUT2D eigenvalue weighted by Gasteiger charge is 2.41. The minimum Gasteiger partial charge on any atom is -0.497 e. The Morgan fingerprint density at radius 1 is 0.778 bits per heavy atom. The summed E-state index contributed by atoms with van der Waals surface area (Å²) < 4.78 is 19.5. The van der Waals surface area contributed by atoms with Crippen molar-refractivity contribution >= 4 is 41.2 Å². The molecule has 0 radical (unpaired) electrons. The van der Waals surface area contributed by atoms with Crippen LogP contribution in [0.2, 0.25) is 0 Å². The smallest absolute Gasteiger partial charge is 0.349 e. The van der Waals surface area contributed by atoms with Gasteiger partial charge in [0.1, 0.15) is 11.5 Å². The molecular weight excluding hydrogens is 590 g/mol. The zero-order valence-corrected chi connectivity index (χ0v) is 24.5. The molecule has 4 rings (SSSR count). The summed E-state index contributed by atoms with van der Waals surface area (Å²) in [6, 6.07) is 18.5. The van der Waals surface area contributed by atoms with E-state index in [4.69, 9.17) is 24.7 Å². The lowest BCUT2D eigenvalue weighted by atomic mass is 9.94. The van der Waals surface area contributed by atoms with Crippen LogP contribution in [0.4, 0.5) is 5.69 Å². The average molecular weight is 622 g/mol. The first-order chi connectivity index (χ1) is 21.4. The molecule has 45 heavy (non-hydrogen) atoms. The lowest BCUT2D eigenvalue weighted by molar-refractivity contribution is -0.166. The number of hydrogen-bond acceptors (Lipinski definition) is 11. The summed E-state index contributed by atoms with van der Waals surface area (Å²) in [5.41, 5.74) is 10.7. The van der Waals surface area contributed by atoms with Crippen LogP contribution in [0, 0.1) is 5.92 Å². The third-order valence-corrected chi connectivity index (χ3v) is 6.35. The predicted molar refractivity (Wildman–Crippen MR) is 159 cm³/mol. The second-order valence-electron chi connectivity index (χ2n) is 9.54. The summed E-state index contributed by atoms with van der Waals surface area (Å²) >= 11 is 0. The Balaban J connectivity index is 0.000000305. The molecule has 3 atom stereocenters. The molecule has 0 spiro atoms. The van der Waals surface area contributed by atoms with Gasteiger partial charge in [0.2, 0.25) is 18.1 Å². The van der Waals surface area contributed by atoms with Crippen LogP contribution >= 0.6 is 0 Å². The highest BCUT2D eigenvalue weighted by molar-refractivity contribution is 6.05. The first kappa shape index (κ1) is 33.6. The van der Waals surface area contributed by atoms with Crippen LogP contribution in [0.3, 0.4) is 0 Å². The molecule has 0 saturated carbocycles. The predicted octanol–water partition coefficient (Wildman–Crippen LogP) is 2.75. The summed E-state index contributed by atoms with van der Waals surface area (Å²) in [6.45, 7) is 1.99. The fraction of sp³-hybridized carbons (Fsp3) is 0.226. The minimum absolute atomic E-state index is 0.0262. The number of benzene rings is 3. The Morgan fingerprint density at radius 3 is 1.56 bits per heavy atom. The number of carbonyl (C=O) groups excluding carboxylic acids is 3. The van der Waals surface area contributed by atoms with Gasteiger partial charge in [0.05, 0.1) is 31.1 Å². The normalized spacial score (nSPS) is 15.0. The number of nitrogens with one attached hydrogen (secondary N) is 1. The molecular formula is C31H31N3O11. The van der Waals surface area contributed by atoms with E-state index >= 15 is 0 Å². The zero-order valence-electron chi connectivity index (χ0n) is 24.5. The standard InChI is InChI=1S/C20H18O10.C11H13N3O/c1-27-13-7-3-11(4-8-13)19(25)29-15(17(21)22)16(18(23)24)30-20(26)12-5-9-14(28-2)10-6-12;1-7-6-10(15)13-14-11(7)8-2-4-9(12)5-3-8/h3-10,15-16H,1-2H3,(H,21,22)(H,23,24);2-5,7H,6,12H2,1H3,(H,13,15)/t15-,16-;/m1./s1. The summed E-state index contributed by atoms with van der Waals surface area (Å²) in [5, 5.41) is 22.8. The molecule has 5 N–H and O–H groups in total. The third kappa shape index (κ3) is 9.28. The number of nitrogens with zero attached hydrogens (tertiary/aromatic N) is 1. The Morgan fingerprint density at radius 2 is 1.20 bits per heavy atom. The Bertz CT molecular complexity index is 1480. The van der Waals surface area contributed by atoms with E-state index in [2.05, 4.69) is 10.5 Å². The van der Waals surface area contributed by atoms with Gasteiger partial charge >= 0.3 is 23.9 Å². The zero-order chi connectivity index (χ0) is 33.1. The number of ether oxygens (including phenoxy) is 4. The molecule has 0 aliphatic carbocycles. The van der Waals surface area contributed by atoms with Gasteiger partial charge in [-0.3, -0.25) is 4.79 Å². The molecule has 1 aliphatic heterocycles. The van der Waals surface area contributed by atoms with E-state index in [9.17, 15) is 34.2 Å². The van der Waals surface area contributed by atoms with Crippen LogP contribution in [0.25, 0.3) is 0 Å². The molecule has 3 aromatic rings. The molecule has 1 aliphatic rings. The van der Waals surface area contributed by atoms with Crippen LogP contribution in [0.5, 0.6) is 11.5 Å². The van der Waals surface area contributed by atoms with Crippen LogP contribution in [0.1, 0.15) is 39.6 Å². The molecule has 14 heteroatoms. The quantitative estimate of drug-likeness (QED) is 0.190. The maximum Gasteiger partial charge on any atom is 0.349 e. The van der Waals surface area contributed by atoms with Gasteiger partial charge in [-0.1, -0.05) is 19.1 Å². The molecule has 236 valence electrons. The second-order valence-corrected chi connectivity index (χ2v) is 9.54. The van der Waals surface area contributed by atoms with Crippen molar-refractivity contribution < 1.29 is 53.1 Å². The van der Waals surface area contributed by atoms with Crippen molar-refractivity contribution in [2.24, 2.45) is 11.0 Å². The number of amides is 1. The van der Waals surface area contributed by atoms with Gasteiger partial charge in [0.15, 0.2) is 0 Å². The van der Waals surface area contributed by atoms with Gasteiger partial charge in [0.25, 0.3) is 0 Å². The third-order valence-electron chi connectivity index (χ3n) is 6.35. The van der Waals surface area contributed by atoms with Crippen molar-refractivity contribution in [2.45, 2.75) is 25.6 Å². The fourth-order valence-electron chi connectivity index (χ4n) is 3.96. The molecule has 0 aromatic heterocycles. The monoisotopic (exact) mass is 621 g/mol. The fourth-order valence-corrected chi connectivity index (χ4v) is 3.96. The number of anilines is 1. The Hall–Kier alpha value is -5.92. The first-order valence-corrected chi connectivity index (χ1v) is 13.3. The topological polar surface area (TPSA) is 213 Å². The van der Waals surface area contributed by atoms with Crippen molar-refractivity contribution in [3.63, 3.8) is 0 Å². The lowest BCUT2D eigenvalue weighted by Crippen LogP contribution is -2.45. The van der Waals surface area contributed by atoms with E-state index in [1.165, 1.54) is 62.8 Å². The lowest BCUT2D eigenvalue weighted by Gasteiger charge is -2.21. The van der Waals surface area contributed by atoms with Gasteiger partial charge in [-0.2, -0.15) is 5.10 Å². The molecule has 1 amide bonds. The van der Waals surface area contributed by atoms with E-state index in [-0.39, 0.29) is 23.0 Å². The maximum absolute atomic E-state index is 12.2. The van der Waals surface area contributed by atoms with Crippen molar-refractivity contribution in [2.75, 3.05) is 20.0 Å². The molecule has 0 saturated heterocycles. The first-order valence-electron chi connectivity index (χ1n) is 13.3. The second kappa shape index (κ2) is 15.5. The van der Waals surface area contributed by atoms with Crippen LogP contribution in [-0.4, -0.2) is 72.1 Å². The Labute approximate surface area is 257 Å². The molecule has 14 nitrogen and oxygen atoms in total. The average Bonchev–Trinajstić information content (AvgIpc) is 3.03. The number of carboxylic acids is 2. The maximum atomic E-state index is 12.2.